The van der Waals surface area contributed by atoms with Crippen molar-refractivity contribution < 1.29 is 14.3 Å². The molecule has 0 spiro atoms. The van der Waals surface area contributed by atoms with E-state index in [1.165, 1.54) is 5.56 Å². The number of nitrogens with zero attached hydrogens (tertiary/aromatic N) is 1. The summed E-state index contributed by atoms with van der Waals surface area (Å²) in [4.78, 5) is 13.6. The summed E-state index contributed by atoms with van der Waals surface area (Å²) in [5, 5.41) is 0. The van der Waals surface area contributed by atoms with Crippen molar-refractivity contribution in [2.45, 2.75) is 52.6 Å². The molecule has 1 saturated heterocycles. The summed E-state index contributed by atoms with van der Waals surface area (Å²) in [5.74, 6) is 1.22. The molecule has 5 heteroatoms. The Balaban J connectivity index is 1.81. The van der Waals surface area contributed by atoms with Crippen molar-refractivity contribution in [2.24, 2.45) is 5.92 Å². The van der Waals surface area contributed by atoms with Gasteiger partial charge in [-0.15, -0.1) is 0 Å². The fraction of sp³-hybridized carbons (Fsp3) is 0.632. The molecular formula is C19H30N2O3. The van der Waals surface area contributed by atoms with Crippen LogP contribution in [0.15, 0.2) is 18.2 Å². The van der Waals surface area contributed by atoms with Gasteiger partial charge in [-0.2, -0.15) is 0 Å². The van der Waals surface area contributed by atoms with E-state index in [0.717, 1.165) is 25.0 Å². The van der Waals surface area contributed by atoms with Crippen LogP contribution in [0, 0.1) is 5.92 Å². The standard InChI is InChI=1S/C19H30N2O3/c1-5-6-7-15-8-9-16(20)10-17(15)23-13-14-11-21(12-14)18(22)24-19(2,3)4/h8-10,14H,5-7,11-13,20H2,1-4H3. The highest BCUT2D eigenvalue weighted by Crippen LogP contribution is 2.26. The zero-order valence-electron chi connectivity index (χ0n) is 15.3. The summed E-state index contributed by atoms with van der Waals surface area (Å²) in [6.45, 7) is 9.77. The number of amides is 1. The summed E-state index contributed by atoms with van der Waals surface area (Å²) in [6.07, 6.45) is 3.04. The van der Waals surface area contributed by atoms with Crippen LogP contribution in [0.25, 0.3) is 0 Å². The number of carbonyl (C=O) groups is 1. The molecular weight excluding hydrogens is 304 g/mol. The zero-order valence-corrected chi connectivity index (χ0v) is 15.3. The van der Waals surface area contributed by atoms with Crippen molar-refractivity contribution in [2.75, 3.05) is 25.4 Å². The Kier molecular flexibility index (Phi) is 5.97. The lowest BCUT2D eigenvalue weighted by Crippen LogP contribution is -2.53. The van der Waals surface area contributed by atoms with Crippen LogP contribution >= 0.6 is 0 Å². The zero-order chi connectivity index (χ0) is 17.7. The van der Waals surface area contributed by atoms with Crippen LogP contribution in [0.4, 0.5) is 10.5 Å². The Morgan fingerprint density at radius 2 is 2.04 bits per heavy atom. The number of aryl methyl sites for hydroxylation is 1. The van der Waals surface area contributed by atoms with Gasteiger partial charge in [0.15, 0.2) is 0 Å². The third-order valence-corrected chi connectivity index (χ3v) is 3.97. The van der Waals surface area contributed by atoms with Gasteiger partial charge in [0.1, 0.15) is 11.4 Å². The lowest BCUT2D eigenvalue weighted by Gasteiger charge is -2.39. The lowest BCUT2D eigenvalue weighted by atomic mass is 10.0. The fourth-order valence-electron chi connectivity index (χ4n) is 2.64. The van der Waals surface area contributed by atoms with E-state index >= 15 is 0 Å². The highest BCUT2D eigenvalue weighted by molar-refractivity contribution is 5.69. The van der Waals surface area contributed by atoms with E-state index in [0.29, 0.717) is 31.3 Å². The molecule has 1 fully saturated rings. The van der Waals surface area contributed by atoms with Gasteiger partial charge in [-0.25, -0.2) is 4.79 Å². The molecule has 134 valence electrons. The Morgan fingerprint density at radius 1 is 1.33 bits per heavy atom. The number of rotatable bonds is 6. The topological polar surface area (TPSA) is 64.8 Å². The second-order valence-corrected chi connectivity index (χ2v) is 7.53. The molecule has 1 aromatic rings. The Labute approximate surface area is 145 Å². The summed E-state index contributed by atoms with van der Waals surface area (Å²) in [7, 11) is 0. The molecule has 0 unspecified atom stereocenters. The first kappa shape index (κ1) is 18.4. The van der Waals surface area contributed by atoms with E-state index in [4.69, 9.17) is 15.2 Å². The average Bonchev–Trinajstić information content (AvgIpc) is 2.42. The van der Waals surface area contributed by atoms with Crippen molar-refractivity contribution >= 4 is 11.8 Å². The number of hydrogen-bond donors (Lipinski definition) is 1. The van der Waals surface area contributed by atoms with Gasteiger partial charge in [-0.1, -0.05) is 19.4 Å². The second-order valence-electron chi connectivity index (χ2n) is 7.53. The van der Waals surface area contributed by atoms with Crippen LogP contribution in [-0.4, -0.2) is 36.3 Å². The lowest BCUT2D eigenvalue weighted by molar-refractivity contribution is -0.00786. The van der Waals surface area contributed by atoms with Gasteiger partial charge in [-0.05, 0) is 45.2 Å². The number of nitrogens with two attached hydrogens (primary N) is 1. The van der Waals surface area contributed by atoms with E-state index in [2.05, 4.69) is 6.92 Å². The number of benzene rings is 1. The molecule has 0 aliphatic carbocycles. The quantitative estimate of drug-likeness (QED) is 0.802. The molecule has 1 aromatic carbocycles. The van der Waals surface area contributed by atoms with Gasteiger partial charge in [0.2, 0.25) is 0 Å². The molecule has 24 heavy (non-hydrogen) atoms. The van der Waals surface area contributed by atoms with E-state index in [-0.39, 0.29) is 6.09 Å². The predicted octanol–water partition coefficient (Wildman–Crippen LogP) is 3.86. The molecule has 0 atom stereocenters. The molecule has 0 saturated carbocycles. The van der Waals surface area contributed by atoms with Crippen LogP contribution in [0.1, 0.15) is 46.1 Å². The van der Waals surface area contributed by atoms with Crippen LogP contribution in [0.2, 0.25) is 0 Å². The van der Waals surface area contributed by atoms with Crippen molar-refractivity contribution in [3.8, 4) is 5.75 Å². The van der Waals surface area contributed by atoms with E-state index in [1.807, 2.05) is 39.0 Å². The van der Waals surface area contributed by atoms with Crippen LogP contribution in [0.5, 0.6) is 5.75 Å². The van der Waals surface area contributed by atoms with Crippen molar-refractivity contribution in [3.63, 3.8) is 0 Å². The van der Waals surface area contributed by atoms with Crippen LogP contribution in [0.3, 0.4) is 0 Å². The molecule has 1 aliphatic rings. The van der Waals surface area contributed by atoms with Gasteiger partial charge < -0.3 is 20.1 Å². The molecule has 0 radical (unpaired) electrons. The van der Waals surface area contributed by atoms with Crippen molar-refractivity contribution in [1.82, 2.24) is 4.90 Å². The molecule has 0 aromatic heterocycles. The summed E-state index contributed by atoms with van der Waals surface area (Å²) in [5.41, 5.74) is 7.35. The summed E-state index contributed by atoms with van der Waals surface area (Å²) < 4.78 is 11.4. The van der Waals surface area contributed by atoms with Gasteiger partial charge in [0.25, 0.3) is 0 Å². The second kappa shape index (κ2) is 7.77. The molecule has 2 N–H and O–H groups in total. The van der Waals surface area contributed by atoms with Crippen LogP contribution in [-0.2, 0) is 11.2 Å². The van der Waals surface area contributed by atoms with Crippen LogP contribution < -0.4 is 10.5 Å². The first-order valence-electron chi connectivity index (χ1n) is 8.77. The molecule has 0 bridgehead atoms. The largest absolute Gasteiger partial charge is 0.493 e. The van der Waals surface area contributed by atoms with Gasteiger partial charge in [-0.3, -0.25) is 0 Å². The number of nitrogen functional groups attached to an aromatic ring is 1. The smallest absolute Gasteiger partial charge is 0.410 e. The maximum absolute atomic E-state index is 11.9. The van der Waals surface area contributed by atoms with Gasteiger partial charge >= 0.3 is 6.09 Å². The minimum absolute atomic E-state index is 0.244. The normalized spacial score (nSPS) is 15.1. The van der Waals surface area contributed by atoms with Gasteiger partial charge in [0.05, 0.1) is 6.61 Å². The van der Waals surface area contributed by atoms with E-state index < -0.39 is 5.60 Å². The van der Waals surface area contributed by atoms with Crippen molar-refractivity contribution in [1.29, 1.82) is 0 Å². The average molecular weight is 334 g/mol. The first-order valence-corrected chi connectivity index (χ1v) is 8.77. The summed E-state index contributed by atoms with van der Waals surface area (Å²) >= 11 is 0. The van der Waals surface area contributed by atoms with Crippen molar-refractivity contribution in [3.05, 3.63) is 23.8 Å². The predicted molar refractivity (Wildman–Crippen MR) is 96.3 cm³/mol. The number of carbonyl (C=O) groups excluding carboxylic acids is 1. The third kappa shape index (κ3) is 5.32. The molecule has 5 nitrogen and oxygen atoms in total. The first-order chi connectivity index (χ1) is 11.3. The van der Waals surface area contributed by atoms with E-state index in [1.54, 1.807) is 4.90 Å². The highest BCUT2D eigenvalue weighted by Gasteiger charge is 2.34. The maximum atomic E-state index is 11.9. The number of ether oxygens (including phenoxy) is 2. The molecule has 2 rings (SSSR count). The number of anilines is 1. The number of unbranched alkanes of at least 4 members (excludes halogenated alkanes) is 1. The maximum Gasteiger partial charge on any atom is 0.410 e. The van der Waals surface area contributed by atoms with Gasteiger partial charge in [0, 0.05) is 30.8 Å². The monoisotopic (exact) mass is 334 g/mol. The van der Waals surface area contributed by atoms with E-state index in [9.17, 15) is 4.79 Å². The third-order valence-electron chi connectivity index (χ3n) is 3.97. The minimum atomic E-state index is -0.450. The Bertz CT molecular complexity index is 560. The number of likely N-dealkylation sites (tertiary alicyclic amines) is 1. The molecule has 1 heterocycles. The minimum Gasteiger partial charge on any atom is -0.493 e. The fourth-order valence-corrected chi connectivity index (χ4v) is 2.64. The molecule has 1 aliphatic heterocycles. The Morgan fingerprint density at radius 3 is 2.67 bits per heavy atom. The number of hydrogen-bond acceptors (Lipinski definition) is 4. The summed E-state index contributed by atoms with van der Waals surface area (Å²) in [6, 6.07) is 5.87. The SMILES string of the molecule is CCCCc1ccc(N)cc1OCC1CN(C(=O)OC(C)(C)C)C1. The highest BCUT2D eigenvalue weighted by atomic mass is 16.6. The molecule has 1 amide bonds. The Hall–Kier alpha value is -1.91.